The molecule has 0 amide bonds. The van der Waals surface area contributed by atoms with Crippen molar-refractivity contribution in [3.63, 3.8) is 0 Å². The van der Waals surface area contributed by atoms with Crippen molar-refractivity contribution in [1.29, 1.82) is 0 Å². The second-order valence-electron chi connectivity index (χ2n) is 4.69. The molecule has 0 heterocycles. The molecule has 0 aromatic rings. The maximum Gasteiger partial charge on any atom is 0.152 e. The van der Waals surface area contributed by atoms with Crippen LogP contribution in [0, 0.1) is 0 Å². The van der Waals surface area contributed by atoms with Gasteiger partial charge in [0.1, 0.15) is 0 Å². The molecule has 0 aliphatic rings. The molecule has 0 N–H and O–H groups in total. The maximum absolute atomic E-state index is 11.8. The lowest BCUT2D eigenvalue weighted by molar-refractivity contribution is -0.128. The van der Waals surface area contributed by atoms with E-state index in [0.717, 1.165) is 12.8 Å². The predicted molar refractivity (Wildman–Crippen MR) is 61.5 cm³/mol. The maximum atomic E-state index is 11.8. The number of Topliss-reactive ketones (excluding diaryl/α,β-unsaturated/α-hetero) is 1. The van der Waals surface area contributed by atoms with E-state index in [9.17, 15) is 4.79 Å². The van der Waals surface area contributed by atoms with Crippen LogP contribution in [0.15, 0.2) is 0 Å². The summed E-state index contributed by atoms with van der Waals surface area (Å²) in [6.07, 6.45) is 5.43. The van der Waals surface area contributed by atoms with E-state index in [4.69, 9.17) is 0 Å². The van der Waals surface area contributed by atoms with Crippen LogP contribution in [0.2, 0.25) is 0 Å². The molecule has 0 aliphatic carbocycles. The molecule has 0 aromatic heterocycles. The van der Waals surface area contributed by atoms with Gasteiger partial charge in [0.05, 0.1) is 5.54 Å². The number of likely N-dealkylation sites (N-methyl/N-ethyl adjacent to an activating group) is 1. The van der Waals surface area contributed by atoms with Crippen LogP contribution in [-0.2, 0) is 4.79 Å². The topological polar surface area (TPSA) is 20.3 Å². The molecule has 14 heavy (non-hydrogen) atoms. The Balaban J connectivity index is 3.84. The van der Waals surface area contributed by atoms with Crippen molar-refractivity contribution < 1.29 is 4.79 Å². The molecular formula is C12H25NO. The average molecular weight is 199 g/mol. The highest BCUT2D eigenvalue weighted by atomic mass is 16.1. The fraction of sp³-hybridized carbons (Fsp3) is 0.917. The Hall–Kier alpha value is -0.370. The summed E-state index contributed by atoms with van der Waals surface area (Å²) in [6.45, 7) is 6.18. The number of carbonyl (C=O) groups excluding carboxylic acids is 1. The number of unbranched alkanes of at least 4 members (excludes halogenated alkanes) is 3. The number of carbonyl (C=O) groups is 1. The number of rotatable bonds is 7. The third-order valence-corrected chi connectivity index (χ3v) is 3.06. The van der Waals surface area contributed by atoms with E-state index in [1.807, 2.05) is 32.8 Å². The minimum absolute atomic E-state index is 0.299. The Morgan fingerprint density at radius 3 is 2.14 bits per heavy atom. The molecule has 0 bridgehead atoms. The van der Waals surface area contributed by atoms with Crippen LogP contribution >= 0.6 is 0 Å². The van der Waals surface area contributed by atoms with E-state index >= 15 is 0 Å². The number of hydrogen-bond donors (Lipinski definition) is 0. The second kappa shape index (κ2) is 6.18. The molecule has 0 unspecified atom stereocenters. The Morgan fingerprint density at radius 1 is 1.14 bits per heavy atom. The van der Waals surface area contributed by atoms with E-state index < -0.39 is 0 Å². The fourth-order valence-corrected chi connectivity index (χ4v) is 1.27. The molecule has 0 radical (unpaired) electrons. The molecule has 0 rings (SSSR count). The molecule has 0 aromatic carbocycles. The largest absolute Gasteiger partial charge is 0.298 e. The lowest BCUT2D eigenvalue weighted by Crippen LogP contribution is -2.45. The Kier molecular flexibility index (Phi) is 6.01. The Morgan fingerprint density at radius 2 is 1.71 bits per heavy atom. The van der Waals surface area contributed by atoms with Crippen molar-refractivity contribution in [2.75, 3.05) is 14.1 Å². The van der Waals surface area contributed by atoms with Gasteiger partial charge in [-0.05, 0) is 34.4 Å². The van der Waals surface area contributed by atoms with Crippen molar-refractivity contribution in [1.82, 2.24) is 4.90 Å². The van der Waals surface area contributed by atoms with Crippen molar-refractivity contribution in [3.8, 4) is 0 Å². The zero-order chi connectivity index (χ0) is 11.2. The van der Waals surface area contributed by atoms with Gasteiger partial charge in [-0.25, -0.2) is 0 Å². The number of nitrogens with zero attached hydrogens (tertiary/aromatic N) is 1. The van der Waals surface area contributed by atoms with Crippen LogP contribution in [0.3, 0.4) is 0 Å². The molecule has 0 saturated heterocycles. The van der Waals surface area contributed by atoms with Gasteiger partial charge in [0.2, 0.25) is 0 Å². The summed E-state index contributed by atoms with van der Waals surface area (Å²) >= 11 is 0. The average Bonchev–Trinajstić information content (AvgIpc) is 2.11. The first-order chi connectivity index (χ1) is 6.42. The number of ketones is 1. The minimum Gasteiger partial charge on any atom is -0.298 e. The predicted octanol–water partition coefficient (Wildman–Crippen LogP) is 2.87. The van der Waals surface area contributed by atoms with E-state index in [1.54, 1.807) is 0 Å². The highest BCUT2D eigenvalue weighted by Gasteiger charge is 2.28. The minimum atomic E-state index is -0.299. The Bertz CT molecular complexity index is 173. The zero-order valence-corrected chi connectivity index (χ0v) is 10.4. The van der Waals surface area contributed by atoms with Crippen molar-refractivity contribution in [2.24, 2.45) is 0 Å². The lowest BCUT2D eigenvalue weighted by atomic mass is 9.93. The van der Waals surface area contributed by atoms with Gasteiger partial charge in [-0.3, -0.25) is 9.69 Å². The molecule has 2 nitrogen and oxygen atoms in total. The molecule has 84 valence electrons. The van der Waals surface area contributed by atoms with E-state index in [-0.39, 0.29) is 5.54 Å². The summed E-state index contributed by atoms with van der Waals surface area (Å²) in [5.74, 6) is 0.360. The van der Waals surface area contributed by atoms with E-state index in [2.05, 4.69) is 6.92 Å². The molecular weight excluding hydrogens is 174 g/mol. The summed E-state index contributed by atoms with van der Waals surface area (Å²) in [5, 5.41) is 0. The van der Waals surface area contributed by atoms with Crippen LogP contribution < -0.4 is 0 Å². The summed E-state index contributed by atoms with van der Waals surface area (Å²) in [7, 11) is 3.92. The van der Waals surface area contributed by atoms with Crippen molar-refractivity contribution >= 4 is 5.78 Å². The summed E-state index contributed by atoms with van der Waals surface area (Å²) < 4.78 is 0. The second-order valence-corrected chi connectivity index (χ2v) is 4.69. The van der Waals surface area contributed by atoms with Crippen LogP contribution in [0.1, 0.15) is 52.9 Å². The summed E-state index contributed by atoms with van der Waals surface area (Å²) in [4.78, 5) is 13.8. The van der Waals surface area contributed by atoms with Gasteiger partial charge in [0, 0.05) is 6.42 Å². The van der Waals surface area contributed by atoms with Gasteiger partial charge in [-0.15, -0.1) is 0 Å². The SMILES string of the molecule is CCCCCCC(=O)C(C)(C)N(C)C. The first-order valence-electron chi connectivity index (χ1n) is 5.63. The van der Waals surface area contributed by atoms with Crippen molar-refractivity contribution in [2.45, 2.75) is 58.4 Å². The van der Waals surface area contributed by atoms with Crippen molar-refractivity contribution in [3.05, 3.63) is 0 Å². The summed E-state index contributed by atoms with van der Waals surface area (Å²) in [6, 6.07) is 0. The normalized spacial score (nSPS) is 12.1. The first kappa shape index (κ1) is 13.6. The van der Waals surface area contributed by atoms with Crippen LogP contribution in [0.4, 0.5) is 0 Å². The van der Waals surface area contributed by atoms with Gasteiger partial charge in [-0.2, -0.15) is 0 Å². The van der Waals surface area contributed by atoms with E-state index in [0.29, 0.717) is 5.78 Å². The van der Waals surface area contributed by atoms with Crippen LogP contribution in [-0.4, -0.2) is 30.3 Å². The fourth-order valence-electron chi connectivity index (χ4n) is 1.27. The standard InChI is InChI=1S/C12H25NO/c1-6-7-8-9-10-11(14)12(2,3)13(4)5/h6-10H2,1-5H3. The summed E-state index contributed by atoms with van der Waals surface area (Å²) in [5.41, 5.74) is -0.299. The highest BCUT2D eigenvalue weighted by Crippen LogP contribution is 2.16. The Labute approximate surface area is 88.7 Å². The third kappa shape index (κ3) is 4.23. The molecule has 0 fully saturated rings. The zero-order valence-electron chi connectivity index (χ0n) is 10.4. The molecule has 0 aliphatic heterocycles. The number of hydrogen-bond acceptors (Lipinski definition) is 2. The van der Waals surface area contributed by atoms with Crippen LogP contribution in [0.5, 0.6) is 0 Å². The van der Waals surface area contributed by atoms with Gasteiger partial charge in [-0.1, -0.05) is 26.2 Å². The quantitative estimate of drug-likeness (QED) is 0.588. The molecule has 0 saturated carbocycles. The third-order valence-electron chi connectivity index (χ3n) is 3.06. The van der Waals surface area contributed by atoms with Gasteiger partial charge < -0.3 is 0 Å². The monoisotopic (exact) mass is 199 g/mol. The highest BCUT2D eigenvalue weighted by molar-refractivity contribution is 5.87. The molecule has 0 atom stereocenters. The van der Waals surface area contributed by atoms with Crippen LogP contribution in [0.25, 0.3) is 0 Å². The lowest BCUT2D eigenvalue weighted by Gasteiger charge is -2.30. The first-order valence-corrected chi connectivity index (χ1v) is 5.63. The van der Waals surface area contributed by atoms with E-state index in [1.165, 1.54) is 19.3 Å². The van der Waals surface area contributed by atoms with Gasteiger partial charge in [0.25, 0.3) is 0 Å². The molecule has 2 heteroatoms. The molecule has 0 spiro atoms. The van der Waals surface area contributed by atoms with Gasteiger partial charge in [0.15, 0.2) is 5.78 Å². The van der Waals surface area contributed by atoms with Gasteiger partial charge >= 0.3 is 0 Å². The smallest absolute Gasteiger partial charge is 0.152 e.